The van der Waals surface area contributed by atoms with E-state index >= 15 is 0 Å². The summed E-state index contributed by atoms with van der Waals surface area (Å²) in [4.78, 5) is 23.0. The fraction of sp³-hybridized carbons (Fsp3) is 0.0952. The summed E-state index contributed by atoms with van der Waals surface area (Å²) >= 11 is 2.63. The number of rotatable bonds is 5. The van der Waals surface area contributed by atoms with Crippen molar-refractivity contribution < 1.29 is 14.3 Å². The number of anilines is 1. The van der Waals surface area contributed by atoms with Crippen LogP contribution in [0.3, 0.4) is 0 Å². The largest absolute Gasteiger partial charge is 0.493 e. The molecule has 0 amide bonds. The molecule has 0 saturated carbocycles. The van der Waals surface area contributed by atoms with Crippen LogP contribution in [0.25, 0.3) is 21.5 Å². The maximum atomic E-state index is 12.9. The van der Waals surface area contributed by atoms with Gasteiger partial charge in [0.15, 0.2) is 16.7 Å². The molecular formula is C21H17N3O3S2. The molecule has 0 aliphatic heterocycles. The maximum absolute atomic E-state index is 12.9. The molecule has 2 aromatic carbocycles. The number of methoxy groups -OCH3 is 1. The van der Waals surface area contributed by atoms with Crippen LogP contribution < -0.4 is 15.2 Å². The number of nitrogen functional groups attached to an aromatic ring is 1. The summed E-state index contributed by atoms with van der Waals surface area (Å²) in [5, 5.41) is 1.27. The minimum absolute atomic E-state index is 0.288. The first kappa shape index (κ1) is 19.2. The van der Waals surface area contributed by atoms with Gasteiger partial charge in [-0.25, -0.2) is 14.8 Å². The smallest absolute Gasteiger partial charge is 0.356 e. The second-order valence-electron chi connectivity index (χ2n) is 5.99. The number of esters is 1. The van der Waals surface area contributed by atoms with Crippen LogP contribution in [0.4, 0.5) is 5.69 Å². The Balaban J connectivity index is 1.82. The standard InChI is InChI=1S/C21H17N3O3S2/c1-26-13-10-6-7-11-14(13)27-20(25)18-16(22)15-17(12-8-4-3-5-9-12)23-21(28-2)24-19(15)29-18/h3-11H,22H2,1-2H3. The summed E-state index contributed by atoms with van der Waals surface area (Å²) in [6.45, 7) is 0. The van der Waals surface area contributed by atoms with Crippen molar-refractivity contribution in [3.05, 3.63) is 59.5 Å². The van der Waals surface area contributed by atoms with E-state index < -0.39 is 5.97 Å². The minimum atomic E-state index is -0.556. The number of benzene rings is 2. The first-order valence-electron chi connectivity index (χ1n) is 8.67. The van der Waals surface area contributed by atoms with Crippen LogP contribution >= 0.6 is 23.1 Å². The normalized spacial score (nSPS) is 10.8. The Hall–Kier alpha value is -3.10. The number of hydrogen-bond acceptors (Lipinski definition) is 8. The lowest BCUT2D eigenvalue weighted by atomic mass is 10.1. The molecule has 146 valence electrons. The summed E-state index contributed by atoms with van der Waals surface area (Å²) in [7, 11) is 1.52. The Morgan fingerprint density at radius 3 is 2.41 bits per heavy atom. The van der Waals surface area contributed by atoms with Gasteiger partial charge in [-0.05, 0) is 18.4 Å². The molecule has 0 aliphatic rings. The molecule has 29 heavy (non-hydrogen) atoms. The van der Waals surface area contributed by atoms with E-state index in [4.69, 9.17) is 15.2 Å². The Kier molecular flexibility index (Phi) is 5.37. The summed E-state index contributed by atoms with van der Waals surface area (Å²) in [5.41, 5.74) is 8.31. The van der Waals surface area contributed by atoms with Crippen molar-refractivity contribution in [2.24, 2.45) is 0 Å². The van der Waals surface area contributed by atoms with Crippen molar-refractivity contribution in [1.29, 1.82) is 0 Å². The highest BCUT2D eigenvalue weighted by Crippen LogP contribution is 2.40. The number of thioether (sulfide) groups is 1. The molecule has 6 nitrogen and oxygen atoms in total. The van der Waals surface area contributed by atoms with Crippen LogP contribution in [0.15, 0.2) is 59.8 Å². The van der Waals surface area contributed by atoms with E-state index in [2.05, 4.69) is 9.97 Å². The van der Waals surface area contributed by atoms with Crippen molar-refractivity contribution in [3.63, 3.8) is 0 Å². The monoisotopic (exact) mass is 423 g/mol. The van der Waals surface area contributed by atoms with E-state index in [1.54, 1.807) is 24.3 Å². The first-order chi connectivity index (χ1) is 14.1. The molecule has 0 aliphatic carbocycles. The van der Waals surface area contributed by atoms with Gasteiger partial charge in [-0.3, -0.25) is 0 Å². The van der Waals surface area contributed by atoms with Crippen molar-refractivity contribution >= 4 is 45.0 Å². The van der Waals surface area contributed by atoms with Crippen molar-refractivity contribution in [2.45, 2.75) is 5.16 Å². The van der Waals surface area contributed by atoms with Crippen molar-refractivity contribution in [1.82, 2.24) is 9.97 Å². The lowest BCUT2D eigenvalue weighted by Crippen LogP contribution is -2.09. The highest BCUT2D eigenvalue weighted by Gasteiger charge is 2.24. The van der Waals surface area contributed by atoms with Gasteiger partial charge >= 0.3 is 5.97 Å². The van der Waals surface area contributed by atoms with Gasteiger partial charge in [-0.2, -0.15) is 0 Å². The molecule has 2 aromatic heterocycles. The summed E-state index contributed by atoms with van der Waals surface area (Å²) < 4.78 is 10.8. The molecule has 4 aromatic rings. The molecule has 0 unspecified atom stereocenters. The van der Waals surface area contributed by atoms with Gasteiger partial charge in [0.05, 0.1) is 23.9 Å². The topological polar surface area (TPSA) is 87.3 Å². The zero-order chi connectivity index (χ0) is 20.4. The zero-order valence-corrected chi connectivity index (χ0v) is 17.3. The third kappa shape index (κ3) is 3.64. The molecule has 0 spiro atoms. The molecule has 2 N–H and O–H groups in total. The maximum Gasteiger partial charge on any atom is 0.356 e. The fourth-order valence-corrected chi connectivity index (χ4v) is 4.29. The molecule has 0 bridgehead atoms. The third-order valence-corrected chi connectivity index (χ3v) is 5.88. The highest BCUT2D eigenvalue weighted by molar-refractivity contribution is 7.98. The Morgan fingerprint density at radius 2 is 1.72 bits per heavy atom. The summed E-state index contributed by atoms with van der Waals surface area (Å²) in [6.07, 6.45) is 1.91. The number of ether oxygens (including phenoxy) is 2. The quantitative estimate of drug-likeness (QED) is 0.212. The second kappa shape index (κ2) is 8.10. The molecule has 0 atom stereocenters. The zero-order valence-electron chi connectivity index (χ0n) is 15.7. The number of nitrogens with two attached hydrogens (primary N) is 1. The second-order valence-corrected chi connectivity index (χ2v) is 7.76. The number of hydrogen-bond donors (Lipinski definition) is 1. The number of carbonyl (C=O) groups is 1. The van der Waals surface area contributed by atoms with Crippen molar-refractivity contribution in [3.8, 4) is 22.8 Å². The Bertz CT molecular complexity index is 1190. The van der Waals surface area contributed by atoms with E-state index in [9.17, 15) is 4.79 Å². The van der Waals surface area contributed by atoms with Crippen LogP contribution in [-0.2, 0) is 0 Å². The number of carbonyl (C=O) groups excluding carboxylic acids is 1. The first-order valence-corrected chi connectivity index (χ1v) is 10.7. The van der Waals surface area contributed by atoms with E-state index in [0.717, 1.165) is 5.56 Å². The molecule has 2 heterocycles. The predicted octanol–water partition coefficient (Wildman–Crippen LogP) is 4.89. The van der Waals surface area contributed by atoms with Crippen LogP contribution in [0, 0.1) is 0 Å². The van der Waals surface area contributed by atoms with E-state index in [-0.39, 0.29) is 4.88 Å². The highest BCUT2D eigenvalue weighted by atomic mass is 32.2. The minimum Gasteiger partial charge on any atom is -0.493 e. The van der Waals surface area contributed by atoms with Crippen LogP contribution in [-0.4, -0.2) is 29.3 Å². The number of aromatic nitrogens is 2. The van der Waals surface area contributed by atoms with Gasteiger partial charge in [0.2, 0.25) is 0 Å². The van der Waals surface area contributed by atoms with Gasteiger partial charge in [0.25, 0.3) is 0 Å². The third-order valence-electron chi connectivity index (χ3n) is 4.25. The van der Waals surface area contributed by atoms with E-state index in [0.29, 0.717) is 38.3 Å². The Morgan fingerprint density at radius 1 is 1.03 bits per heavy atom. The lowest BCUT2D eigenvalue weighted by Gasteiger charge is -2.08. The number of fused-ring (bicyclic) bond motifs is 1. The van der Waals surface area contributed by atoms with Gasteiger partial charge < -0.3 is 15.2 Å². The van der Waals surface area contributed by atoms with E-state index in [1.807, 2.05) is 36.6 Å². The molecule has 0 fully saturated rings. The summed E-state index contributed by atoms with van der Waals surface area (Å²) in [5.74, 6) is 0.241. The fourth-order valence-electron chi connectivity index (χ4n) is 2.90. The van der Waals surface area contributed by atoms with Crippen LogP contribution in [0.5, 0.6) is 11.5 Å². The SMILES string of the molecule is COc1ccccc1OC(=O)c1sc2nc(SC)nc(-c3ccccc3)c2c1N. The summed E-state index contributed by atoms with van der Waals surface area (Å²) in [6, 6.07) is 16.7. The molecule has 0 saturated heterocycles. The van der Waals surface area contributed by atoms with Gasteiger partial charge in [-0.15, -0.1) is 11.3 Å². The average molecular weight is 424 g/mol. The predicted molar refractivity (Wildman–Crippen MR) is 117 cm³/mol. The number of nitrogens with zero attached hydrogens (tertiary/aromatic N) is 2. The van der Waals surface area contributed by atoms with Crippen LogP contribution in [0.1, 0.15) is 9.67 Å². The van der Waals surface area contributed by atoms with Gasteiger partial charge in [0, 0.05) is 5.56 Å². The van der Waals surface area contributed by atoms with Crippen LogP contribution in [0.2, 0.25) is 0 Å². The molecule has 0 radical (unpaired) electrons. The molecular weight excluding hydrogens is 406 g/mol. The Labute approximate surface area is 175 Å². The molecule has 4 rings (SSSR count). The number of para-hydroxylation sites is 2. The van der Waals surface area contributed by atoms with Gasteiger partial charge in [0.1, 0.15) is 9.71 Å². The van der Waals surface area contributed by atoms with Crippen molar-refractivity contribution in [2.75, 3.05) is 19.1 Å². The average Bonchev–Trinajstić information content (AvgIpc) is 3.10. The van der Waals surface area contributed by atoms with E-state index in [1.165, 1.54) is 30.2 Å². The number of thiophene rings is 1. The van der Waals surface area contributed by atoms with Gasteiger partial charge in [-0.1, -0.05) is 54.2 Å². The molecule has 8 heteroatoms. The lowest BCUT2D eigenvalue weighted by molar-refractivity contribution is 0.0736.